The smallest absolute Gasteiger partial charge is 0.264 e. The molecule has 7 nitrogen and oxygen atoms in total. The molecule has 1 heterocycles. The Morgan fingerprint density at radius 1 is 1.17 bits per heavy atom. The average molecular weight is 447 g/mol. The lowest BCUT2D eigenvalue weighted by Crippen LogP contribution is -2.26. The monoisotopic (exact) mass is 446 g/mol. The van der Waals surface area contributed by atoms with Crippen LogP contribution in [0.25, 0.3) is 0 Å². The van der Waals surface area contributed by atoms with Crippen LogP contribution < -0.4 is 9.62 Å². The van der Waals surface area contributed by atoms with Crippen molar-refractivity contribution in [3.8, 4) is 0 Å². The van der Waals surface area contributed by atoms with Gasteiger partial charge in [-0.25, -0.2) is 8.42 Å². The molecule has 2 aromatic carbocycles. The highest BCUT2D eigenvalue weighted by Crippen LogP contribution is 2.26. The number of nitrogens with zero attached hydrogens (tertiary/aromatic N) is 3. The maximum absolute atomic E-state index is 12.8. The molecule has 0 radical (unpaired) electrons. The summed E-state index contributed by atoms with van der Waals surface area (Å²) in [6.45, 7) is 3.64. The van der Waals surface area contributed by atoms with Gasteiger partial charge in [0.25, 0.3) is 15.9 Å². The number of para-hydroxylation sites is 1. The number of anilines is 2. The van der Waals surface area contributed by atoms with E-state index in [1.165, 1.54) is 58.7 Å². The van der Waals surface area contributed by atoms with Gasteiger partial charge in [-0.15, -0.1) is 16.8 Å². The predicted molar refractivity (Wildman–Crippen MR) is 117 cm³/mol. The van der Waals surface area contributed by atoms with Crippen LogP contribution >= 0.6 is 23.1 Å². The number of amides is 1. The van der Waals surface area contributed by atoms with Crippen LogP contribution in [0.3, 0.4) is 0 Å². The van der Waals surface area contributed by atoms with Crippen LogP contribution in [0.2, 0.25) is 0 Å². The lowest BCUT2D eigenvalue weighted by atomic mass is 10.2. The summed E-state index contributed by atoms with van der Waals surface area (Å²) in [6.07, 6.45) is 1.76. The Bertz CT molecular complexity index is 1100. The molecule has 0 saturated carbocycles. The fourth-order valence-electron chi connectivity index (χ4n) is 2.33. The molecule has 10 heteroatoms. The number of aromatic nitrogens is 2. The highest BCUT2D eigenvalue weighted by molar-refractivity contribution is 8.01. The molecule has 0 atom stereocenters. The topological polar surface area (TPSA) is 92.3 Å². The highest BCUT2D eigenvalue weighted by atomic mass is 32.2. The molecular formula is C19H18N4O3S3. The van der Waals surface area contributed by atoms with E-state index in [9.17, 15) is 13.2 Å². The average Bonchev–Trinajstić information content (AvgIpc) is 3.19. The van der Waals surface area contributed by atoms with E-state index in [2.05, 4.69) is 22.1 Å². The fraction of sp³-hybridized carbons (Fsp3) is 0.105. The number of carbonyl (C=O) groups excluding carboxylic acids is 1. The standard InChI is InChI=1S/C19H18N4O3S3/c1-3-13-27-19-22-21-18(28-19)20-17(24)14-9-11-16(12-10-14)29(25,26)23(2)15-7-5-4-6-8-15/h3-12H,1,13H2,2H3,(H,20,21,24). The minimum atomic E-state index is -3.73. The number of hydrogen-bond acceptors (Lipinski definition) is 7. The van der Waals surface area contributed by atoms with Crippen molar-refractivity contribution < 1.29 is 13.2 Å². The van der Waals surface area contributed by atoms with Gasteiger partial charge in [-0.05, 0) is 36.4 Å². The van der Waals surface area contributed by atoms with Crippen LogP contribution in [0.15, 0.2) is 76.5 Å². The zero-order valence-electron chi connectivity index (χ0n) is 15.5. The van der Waals surface area contributed by atoms with Crippen molar-refractivity contribution >= 4 is 49.8 Å². The normalized spacial score (nSPS) is 11.1. The van der Waals surface area contributed by atoms with Crippen LogP contribution in [0.1, 0.15) is 10.4 Å². The molecule has 1 amide bonds. The zero-order chi connectivity index (χ0) is 20.9. The second-order valence-corrected chi connectivity index (χ2v) is 9.97. The molecule has 29 heavy (non-hydrogen) atoms. The molecule has 3 aromatic rings. The molecule has 0 spiro atoms. The Morgan fingerprint density at radius 3 is 2.52 bits per heavy atom. The molecule has 0 aliphatic heterocycles. The van der Waals surface area contributed by atoms with Gasteiger partial charge in [-0.2, -0.15) is 0 Å². The first kappa shape index (κ1) is 21.0. The molecule has 3 rings (SSSR count). The third-order valence-corrected chi connectivity index (χ3v) is 7.61. The van der Waals surface area contributed by atoms with E-state index in [4.69, 9.17) is 0 Å². The Hall–Kier alpha value is -2.69. The Kier molecular flexibility index (Phi) is 6.68. The Morgan fingerprint density at radius 2 is 1.86 bits per heavy atom. The maximum Gasteiger partial charge on any atom is 0.264 e. The first-order chi connectivity index (χ1) is 13.9. The lowest BCUT2D eigenvalue weighted by molar-refractivity contribution is 0.102. The summed E-state index contributed by atoms with van der Waals surface area (Å²) >= 11 is 2.74. The molecule has 1 N–H and O–H groups in total. The zero-order valence-corrected chi connectivity index (χ0v) is 17.9. The van der Waals surface area contributed by atoms with Gasteiger partial charge in [0.05, 0.1) is 10.6 Å². The molecular weight excluding hydrogens is 428 g/mol. The van der Waals surface area contributed by atoms with Crippen molar-refractivity contribution in [2.24, 2.45) is 0 Å². The van der Waals surface area contributed by atoms with Gasteiger partial charge < -0.3 is 0 Å². The number of rotatable bonds is 8. The number of nitrogens with one attached hydrogen (secondary N) is 1. The van der Waals surface area contributed by atoms with Crippen molar-refractivity contribution in [1.29, 1.82) is 0 Å². The number of hydrogen-bond donors (Lipinski definition) is 1. The van der Waals surface area contributed by atoms with E-state index in [1.807, 2.05) is 6.07 Å². The number of carbonyl (C=O) groups is 1. The molecule has 0 unspecified atom stereocenters. The van der Waals surface area contributed by atoms with Crippen molar-refractivity contribution in [2.75, 3.05) is 22.4 Å². The highest BCUT2D eigenvalue weighted by Gasteiger charge is 2.21. The summed E-state index contributed by atoms with van der Waals surface area (Å²) in [5.41, 5.74) is 0.873. The maximum atomic E-state index is 12.8. The minimum absolute atomic E-state index is 0.0967. The minimum Gasteiger partial charge on any atom is -0.296 e. The second-order valence-electron chi connectivity index (χ2n) is 5.76. The second kappa shape index (κ2) is 9.21. The molecule has 150 valence electrons. The SMILES string of the molecule is C=CCSc1nnc(NC(=O)c2ccc(S(=O)(=O)N(C)c3ccccc3)cc2)s1. The van der Waals surface area contributed by atoms with Gasteiger partial charge in [-0.3, -0.25) is 14.4 Å². The van der Waals surface area contributed by atoms with E-state index < -0.39 is 10.0 Å². The van der Waals surface area contributed by atoms with Crippen LogP contribution in [0, 0.1) is 0 Å². The van der Waals surface area contributed by atoms with Crippen LogP contribution in [-0.2, 0) is 10.0 Å². The Labute approximate surface area is 177 Å². The number of benzene rings is 2. The molecule has 1 aromatic heterocycles. The summed E-state index contributed by atoms with van der Waals surface area (Å²) < 4.78 is 27.5. The van der Waals surface area contributed by atoms with Crippen LogP contribution in [-0.4, -0.2) is 37.3 Å². The largest absolute Gasteiger partial charge is 0.296 e. The first-order valence-electron chi connectivity index (χ1n) is 8.44. The summed E-state index contributed by atoms with van der Waals surface area (Å²) in [6, 6.07) is 14.5. The summed E-state index contributed by atoms with van der Waals surface area (Å²) in [5.74, 6) is 0.317. The molecule has 0 fully saturated rings. The number of thioether (sulfide) groups is 1. The molecule has 0 bridgehead atoms. The molecule has 0 saturated heterocycles. The van der Waals surface area contributed by atoms with Gasteiger partial charge in [-0.1, -0.05) is 47.4 Å². The van der Waals surface area contributed by atoms with E-state index in [0.29, 0.717) is 22.1 Å². The van der Waals surface area contributed by atoms with Crippen molar-refractivity contribution in [3.05, 3.63) is 72.8 Å². The van der Waals surface area contributed by atoms with Crippen molar-refractivity contribution in [1.82, 2.24) is 10.2 Å². The third kappa shape index (κ3) is 5.03. The lowest BCUT2D eigenvalue weighted by Gasteiger charge is -2.19. The van der Waals surface area contributed by atoms with Gasteiger partial charge in [0, 0.05) is 18.4 Å². The van der Waals surface area contributed by atoms with Crippen LogP contribution in [0.4, 0.5) is 10.8 Å². The van der Waals surface area contributed by atoms with E-state index in [1.54, 1.807) is 30.3 Å². The quantitative estimate of drug-likeness (QED) is 0.321. The van der Waals surface area contributed by atoms with E-state index >= 15 is 0 Å². The van der Waals surface area contributed by atoms with Gasteiger partial charge in [0.1, 0.15) is 0 Å². The predicted octanol–water partition coefficient (Wildman–Crippen LogP) is 3.89. The molecule has 0 aliphatic carbocycles. The fourth-order valence-corrected chi connectivity index (χ4v) is 5.03. The summed E-state index contributed by atoms with van der Waals surface area (Å²) in [7, 11) is -2.24. The van der Waals surface area contributed by atoms with Gasteiger partial charge in [0.2, 0.25) is 5.13 Å². The molecule has 0 aliphatic rings. The Balaban J connectivity index is 1.71. The van der Waals surface area contributed by atoms with Gasteiger partial charge in [0.15, 0.2) is 4.34 Å². The number of sulfonamides is 1. The van der Waals surface area contributed by atoms with Gasteiger partial charge >= 0.3 is 0 Å². The van der Waals surface area contributed by atoms with E-state index in [0.717, 1.165) is 4.34 Å². The van der Waals surface area contributed by atoms with Crippen molar-refractivity contribution in [3.63, 3.8) is 0 Å². The summed E-state index contributed by atoms with van der Waals surface area (Å²) in [5, 5.41) is 11.0. The van der Waals surface area contributed by atoms with Crippen molar-refractivity contribution in [2.45, 2.75) is 9.24 Å². The van der Waals surface area contributed by atoms with E-state index in [-0.39, 0.29) is 10.8 Å². The van der Waals surface area contributed by atoms with Crippen LogP contribution in [0.5, 0.6) is 0 Å². The first-order valence-corrected chi connectivity index (χ1v) is 11.7. The summed E-state index contributed by atoms with van der Waals surface area (Å²) in [4.78, 5) is 12.5. The third-order valence-electron chi connectivity index (χ3n) is 3.85.